The number of anilines is 1. The summed E-state index contributed by atoms with van der Waals surface area (Å²) in [4.78, 5) is 13.6. The number of amides is 1. The standard InChI is InChI=1S/C22H30N2O4S/c25-21(22-13-16-1-2-17(14-22)12-18(11-16)15-22)23-19-3-5-20(6-4-19)29(26,27)24-7-9-28-10-8-24/h3-6,16-18H,1-2,7-15H2,(H,23,25)/t16-,17-,18?,22?/m1/s1. The summed E-state index contributed by atoms with van der Waals surface area (Å²) in [7, 11) is -3.51. The van der Waals surface area contributed by atoms with Crippen molar-refractivity contribution in [3.05, 3.63) is 24.3 Å². The number of carbonyl (C=O) groups excluding carboxylic acids is 1. The molecule has 5 aliphatic rings. The highest BCUT2D eigenvalue weighted by molar-refractivity contribution is 7.89. The highest BCUT2D eigenvalue weighted by atomic mass is 32.2. The minimum absolute atomic E-state index is 0.141. The van der Waals surface area contributed by atoms with Crippen LogP contribution in [-0.2, 0) is 19.6 Å². The third-order valence-corrected chi connectivity index (χ3v) is 9.47. The predicted octanol–water partition coefficient (Wildman–Crippen LogP) is 3.25. The molecule has 0 radical (unpaired) electrons. The van der Waals surface area contributed by atoms with E-state index in [0.717, 1.165) is 19.3 Å². The maximum absolute atomic E-state index is 13.3. The van der Waals surface area contributed by atoms with E-state index in [2.05, 4.69) is 5.32 Å². The molecule has 0 aromatic heterocycles. The fraction of sp³-hybridized carbons (Fsp3) is 0.682. The molecular weight excluding hydrogens is 388 g/mol. The molecular formula is C22H30N2O4S. The van der Waals surface area contributed by atoms with Gasteiger partial charge in [-0.1, -0.05) is 12.8 Å². The van der Waals surface area contributed by atoms with Gasteiger partial charge in [0.15, 0.2) is 0 Å². The summed E-state index contributed by atoms with van der Waals surface area (Å²) in [6.45, 7) is 1.62. The van der Waals surface area contributed by atoms with Gasteiger partial charge in [0.25, 0.3) is 0 Å². The Morgan fingerprint density at radius 1 is 0.966 bits per heavy atom. The van der Waals surface area contributed by atoms with Gasteiger partial charge in [-0.05, 0) is 74.1 Å². The zero-order valence-electron chi connectivity index (χ0n) is 16.8. The number of carbonyl (C=O) groups is 1. The van der Waals surface area contributed by atoms with E-state index in [-0.39, 0.29) is 16.2 Å². The molecule has 4 aliphatic carbocycles. The molecule has 1 amide bonds. The number of nitrogens with one attached hydrogen (secondary N) is 1. The van der Waals surface area contributed by atoms with Crippen LogP contribution in [0.1, 0.15) is 44.9 Å². The first-order valence-corrected chi connectivity index (χ1v) is 12.4. The lowest BCUT2D eigenvalue weighted by molar-refractivity contribution is -0.132. The van der Waals surface area contributed by atoms with Crippen LogP contribution in [0.15, 0.2) is 29.2 Å². The van der Waals surface area contributed by atoms with E-state index < -0.39 is 10.0 Å². The Bertz CT molecular complexity index is 861. The van der Waals surface area contributed by atoms with Gasteiger partial charge in [0.2, 0.25) is 15.9 Å². The van der Waals surface area contributed by atoms with Crippen LogP contribution < -0.4 is 5.32 Å². The van der Waals surface area contributed by atoms with Crippen molar-refractivity contribution in [2.75, 3.05) is 31.6 Å². The lowest BCUT2D eigenvalue weighted by atomic mass is 9.58. The minimum Gasteiger partial charge on any atom is -0.379 e. The van der Waals surface area contributed by atoms with Crippen LogP contribution in [0.4, 0.5) is 5.69 Å². The van der Waals surface area contributed by atoms with Crippen molar-refractivity contribution in [2.45, 2.75) is 49.8 Å². The number of hydrogen-bond acceptors (Lipinski definition) is 4. The largest absolute Gasteiger partial charge is 0.379 e. The third-order valence-electron chi connectivity index (χ3n) is 7.56. The molecule has 1 heterocycles. The molecule has 1 aliphatic heterocycles. The molecule has 6 nitrogen and oxygen atoms in total. The quantitative estimate of drug-likeness (QED) is 0.814. The summed E-state index contributed by atoms with van der Waals surface area (Å²) in [6.07, 6.45) is 8.24. The molecule has 0 spiro atoms. The topological polar surface area (TPSA) is 75.7 Å². The number of nitrogens with zero attached hydrogens (tertiary/aromatic N) is 1. The highest BCUT2D eigenvalue weighted by Crippen LogP contribution is 2.58. The molecule has 4 saturated carbocycles. The molecule has 5 fully saturated rings. The number of sulfonamides is 1. The van der Waals surface area contributed by atoms with E-state index in [1.54, 1.807) is 24.3 Å². The first-order chi connectivity index (χ1) is 13.9. The summed E-state index contributed by atoms with van der Waals surface area (Å²) in [6, 6.07) is 6.65. The van der Waals surface area contributed by atoms with Crippen molar-refractivity contribution in [2.24, 2.45) is 23.2 Å². The van der Waals surface area contributed by atoms with Gasteiger partial charge < -0.3 is 10.1 Å². The molecule has 158 valence electrons. The van der Waals surface area contributed by atoms with Crippen LogP contribution in [0.2, 0.25) is 0 Å². The van der Waals surface area contributed by atoms with Gasteiger partial charge in [-0.15, -0.1) is 0 Å². The molecule has 0 unspecified atom stereocenters. The molecule has 1 saturated heterocycles. The number of morpholine rings is 1. The summed E-state index contributed by atoms with van der Waals surface area (Å²) >= 11 is 0. The smallest absolute Gasteiger partial charge is 0.243 e. The van der Waals surface area contributed by atoms with Gasteiger partial charge in [-0.3, -0.25) is 4.79 Å². The van der Waals surface area contributed by atoms with Gasteiger partial charge in [0.1, 0.15) is 0 Å². The molecule has 29 heavy (non-hydrogen) atoms. The second kappa shape index (κ2) is 7.36. The Labute approximate surface area is 173 Å². The van der Waals surface area contributed by atoms with Crippen molar-refractivity contribution >= 4 is 21.6 Å². The fourth-order valence-electron chi connectivity index (χ4n) is 6.38. The number of fused-ring (bicyclic) bond motifs is 1. The van der Waals surface area contributed by atoms with E-state index in [1.165, 1.54) is 30.0 Å². The summed E-state index contributed by atoms with van der Waals surface area (Å²) in [5, 5.41) is 3.12. The normalized spacial score (nSPS) is 34.7. The van der Waals surface area contributed by atoms with Crippen LogP contribution in [0.3, 0.4) is 0 Å². The Kier molecular flexibility index (Phi) is 4.95. The van der Waals surface area contributed by atoms with Gasteiger partial charge in [0.05, 0.1) is 23.5 Å². The van der Waals surface area contributed by atoms with Crippen LogP contribution >= 0.6 is 0 Å². The van der Waals surface area contributed by atoms with Crippen molar-refractivity contribution < 1.29 is 17.9 Å². The summed E-state index contributed by atoms with van der Waals surface area (Å²) < 4.78 is 32.3. The van der Waals surface area contributed by atoms with E-state index in [9.17, 15) is 13.2 Å². The van der Waals surface area contributed by atoms with E-state index in [1.807, 2.05) is 0 Å². The van der Waals surface area contributed by atoms with Crippen LogP contribution in [0, 0.1) is 23.2 Å². The molecule has 2 atom stereocenters. The third kappa shape index (κ3) is 3.62. The van der Waals surface area contributed by atoms with E-state index >= 15 is 0 Å². The van der Waals surface area contributed by atoms with Crippen LogP contribution in [-0.4, -0.2) is 44.9 Å². The van der Waals surface area contributed by atoms with E-state index in [4.69, 9.17) is 4.74 Å². The summed E-state index contributed by atoms with van der Waals surface area (Å²) in [5.41, 5.74) is 0.469. The number of rotatable bonds is 4. The maximum Gasteiger partial charge on any atom is 0.243 e. The predicted molar refractivity (Wildman–Crippen MR) is 110 cm³/mol. The van der Waals surface area contributed by atoms with Crippen molar-refractivity contribution in [1.82, 2.24) is 4.31 Å². The average molecular weight is 419 g/mol. The van der Waals surface area contributed by atoms with Gasteiger partial charge in [-0.25, -0.2) is 8.42 Å². The maximum atomic E-state index is 13.3. The number of hydrogen-bond donors (Lipinski definition) is 1. The zero-order chi connectivity index (χ0) is 20.1. The lowest BCUT2D eigenvalue weighted by Gasteiger charge is -2.47. The Morgan fingerprint density at radius 2 is 1.55 bits per heavy atom. The van der Waals surface area contributed by atoms with Gasteiger partial charge >= 0.3 is 0 Å². The van der Waals surface area contributed by atoms with Gasteiger partial charge in [0, 0.05) is 18.8 Å². The Hall–Kier alpha value is -1.44. The number of ether oxygens (including phenoxy) is 1. The van der Waals surface area contributed by atoms with Gasteiger partial charge in [-0.2, -0.15) is 4.31 Å². The van der Waals surface area contributed by atoms with Crippen LogP contribution in [0.5, 0.6) is 0 Å². The molecule has 4 bridgehead atoms. The first kappa shape index (κ1) is 19.5. The summed E-state index contributed by atoms with van der Waals surface area (Å²) in [5.74, 6) is 2.26. The molecule has 6 rings (SSSR count). The van der Waals surface area contributed by atoms with Crippen LogP contribution in [0.25, 0.3) is 0 Å². The molecule has 7 heteroatoms. The average Bonchev–Trinajstić information content (AvgIpc) is 2.94. The number of benzene rings is 1. The van der Waals surface area contributed by atoms with Crippen molar-refractivity contribution in [3.8, 4) is 0 Å². The van der Waals surface area contributed by atoms with E-state index in [0.29, 0.717) is 49.7 Å². The fourth-order valence-corrected chi connectivity index (χ4v) is 7.79. The Morgan fingerprint density at radius 3 is 2.17 bits per heavy atom. The van der Waals surface area contributed by atoms with Crippen molar-refractivity contribution in [1.29, 1.82) is 0 Å². The first-order valence-electron chi connectivity index (χ1n) is 10.9. The molecule has 1 aromatic carbocycles. The lowest BCUT2D eigenvalue weighted by Crippen LogP contribution is -2.46. The second-order valence-corrected chi connectivity index (χ2v) is 11.5. The SMILES string of the molecule is O=C(Nc1ccc(S(=O)(=O)N2CCOCC2)cc1)C12CC3C[C@@H](CC[C@H](C3)C1)C2. The zero-order valence-corrected chi connectivity index (χ0v) is 17.6. The highest BCUT2D eigenvalue weighted by Gasteiger charge is 2.52. The molecule has 1 N–H and O–H groups in total. The molecule has 1 aromatic rings. The van der Waals surface area contributed by atoms with Crippen molar-refractivity contribution in [3.63, 3.8) is 0 Å². The monoisotopic (exact) mass is 418 g/mol. The Balaban J connectivity index is 1.30. The second-order valence-electron chi connectivity index (χ2n) is 9.53. The minimum atomic E-state index is -3.51.